The number of piperidine rings is 2. The molecule has 2 aliphatic heterocycles. The van der Waals surface area contributed by atoms with Gasteiger partial charge < -0.3 is 15.5 Å². The topological polar surface area (TPSA) is 49.6 Å². The van der Waals surface area contributed by atoms with Crippen molar-refractivity contribution in [2.45, 2.75) is 57.4 Å². The summed E-state index contributed by atoms with van der Waals surface area (Å²) in [5, 5.41) is 0. The molecular weight excluding hydrogens is 250 g/mol. The van der Waals surface area contributed by atoms with Crippen molar-refractivity contribution in [3.8, 4) is 0 Å². The number of fused-ring (bicyclic) bond motifs is 1. The number of carbonyl (C=O) groups is 1. The monoisotopic (exact) mass is 281 g/mol. The van der Waals surface area contributed by atoms with E-state index in [-0.39, 0.29) is 0 Å². The molecule has 2 aliphatic rings. The summed E-state index contributed by atoms with van der Waals surface area (Å²) in [6, 6.07) is 0.720. The highest BCUT2D eigenvalue weighted by Crippen LogP contribution is 2.29. The summed E-state index contributed by atoms with van der Waals surface area (Å²) in [6.07, 6.45) is 8.92. The highest BCUT2D eigenvalue weighted by molar-refractivity contribution is 5.76. The number of rotatable bonds is 6. The highest BCUT2D eigenvalue weighted by Gasteiger charge is 2.35. The fourth-order valence-corrected chi connectivity index (χ4v) is 3.81. The lowest BCUT2D eigenvalue weighted by Crippen LogP contribution is -2.53. The van der Waals surface area contributed by atoms with Gasteiger partial charge in [0.1, 0.15) is 0 Å². The van der Waals surface area contributed by atoms with Crippen LogP contribution in [0.2, 0.25) is 0 Å². The number of nitrogens with zero attached hydrogens (tertiary/aromatic N) is 2. The molecule has 20 heavy (non-hydrogen) atoms. The van der Waals surface area contributed by atoms with Crippen molar-refractivity contribution in [2.24, 2.45) is 11.7 Å². The van der Waals surface area contributed by atoms with Crippen LogP contribution in [0.5, 0.6) is 0 Å². The first-order valence-electron chi connectivity index (χ1n) is 8.40. The van der Waals surface area contributed by atoms with E-state index in [1.54, 1.807) is 0 Å². The first-order chi connectivity index (χ1) is 9.72. The number of likely N-dealkylation sites (tertiary alicyclic amines) is 2. The van der Waals surface area contributed by atoms with Gasteiger partial charge in [-0.05, 0) is 58.2 Å². The molecule has 0 spiro atoms. The first-order valence-corrected chi connectivity index (χ1v) is 8.40. The molecule has 0 saturated carbocycles. The molecule has 4 heteroatoms. The molecule has 0 radical (unpaired) electrons. The maximum Gasteiger partial charge on any atom is 0.222 e. The second kappa shape index (κ2) is 7.99. The molecule has 0 aromatic carbocycles. The molecule has 4 nitrogen and oxygen atoms in total. The lowest BCUT2D eigenvalue weighted by molar-refractivity contribution is -0.134. The molecule has 2 N–H and O–H groups in total. The van der Waals surface area contributed by atoms with Crippen molar-refractivity contribution in [1.82, 2.24) is 9.80 Å². The van der Waals surface area contributed by atoms with Gasteiger partial charge in [-0.1, -0.05) is 12.8 Å². The van der Waals surface area contributed by atoms with Crippen LogP contribution in [-0.2, 0) is 4.79 Å². The molecule has 2 saturated heterocycles. The van der Waals surface area contributed by atoms with Crippen molar-refractivity contribution >= 4 is 5.91 Å². The van der Waals surface area contributed by atoms with Crippen LogP contribution in [0.15, 0.2) is 0 Å². The lowest BCUT2D eigenvalue weighted by Gasteiger charge is -2.46. The van der Waals surface area contributed by atoms with Crippen LogP contribution in [0.4, 0.5) is 0 Å². The van der Waals surface area contributed by atoms with E-state index >= 15 is 0 Å². The largest absolute Gasteiger partial charge is 0.342 e. The third kappa shape index (κ3) is 4.19. The van der Waals surface area contributed by atoms with E-state index in [1.807, 2.05) is 0 Å². The van der Waals surface area contributed by atoms with Gasteiger partial charge in [-0.3, -0.25) is 4.79 Å². The van der Waals surface area contributed by atoms with Crippen LogP contribution in [0.1, 0.15) is 51.4 Å². The number of carbonyl (C=O) groups excluding carboxylic acids is 1. The summed E-state index contributed by atoms with van der Waals surface area (Å²) in [6.45, 7) is 3.97. The Morgan fingerprint density at radius 1 is 1.15 bits per heavy atom. The molecule has 0 aliphatic carbocycles. The van der Waals surface area contributed by atoms with Crippen molar-refractivity contribution in [3.05, 3.63) is 0 Å². The van der Waals surface area contributed by atoms with E-state index in [0.717, 1.165) is 51.4 Å². The second-order valence-electron chi connectivity index (χ2n) is 6.53. The molecule has 2 fully saturated rings. The highest BCUT2D eigenvalue weighted by atomic mass is 16.2. The van der Waals surface area contributed by atoms with Gasteiger partial charge in [0.05, 0.1) is 0 Å². The summed E-state index contributed by atoms with van der Waals surface area (Å²) in [7, 11) is 2.24. The predicted molar refractivity (Wildman–Crippen MR) is 82.5 cm³/mol. The Hall–Kier alpha value is -0.610. The number of hydrogen-bond donors (Lipinski definition) is 1. The summed E-state index contributed by atoms with van der Waals surface area (Å²) in [5.41, 5.74) is 5.48. The number of amides is 1. The molecule has 2 rings (SSSR count). The molecular formula is C16H31N3O. The Bertz CT molecular complexity index is 308. The van der Waals surface area contributed by atoms with Crippen LogP contribution < -0.4 is 5.73 Å². The van der Waals surface area contributed by atoms with Gasteiger partial charge in [0, 0.05) is 25.6 Å². The molecule has 0 aromatic heterocycles. The fraction of sp³-hybridized carbons (Fsp3) is 0.938. The van der Waals surface area contributed by atoms with E-state index in [2.05, 4.69) is 16.8 Å². The normalized spacial score (nSPS) is 27.4. The van der Waals surface area contributed by atoms with Crippen molar-refractivity contribution in [1.29, 1.82) is 0 Å². The average Bonchev–Trinajstić information content (AvgIpc) is 2.47. The number of unbranched alkanes of at least 4 members (excludes halogenated alkanes) is 3. The maximum absolute atomic E-state index is 12.3. The van der Waals surface area contributed by atoms with Gasteiger partial charge in [-0.25, -0.2) is 0 Å². The summed E-state index contributed by atoms with van der Waals surface area (Å²) in [5.74, 6) is 1.09. The van der Waals surface area contributed by atoms with Crippen LogP contribution in [0.3, 0.4) is 0 Å². The molecule has 2 unspecified atom stereocenters. The molecule has 2 atom stereocenters. The Morgan fingerprint density at radius 3 is 2.75 bits per heavy atom. The lowest BCUT2D eigenvalue weighted by atomic mass is 9.84. The Balaban J connectivity index is 1.69. The zero-order valence-corrected chi connectivity index (χ0v) is 13.0. The quantitative estimate of drug-likeness (QED) is 0.756. The van der Waals surface area contributed by atoms with Crippen molar-refractivity contribution < 1.29 is 4.79 Å². The standard InChI is InChI=1S/C16H31N3O/c1-18-11-6-7-14-13-19(12-9-15(14)18)16(20)8-4-2-3-5-10-17/h14-15H,2-13,17H2,1H3. The Kier molecular flexibility index (Phi) is 6.30. The summed E-state index contributed by atoms with van der Waals surface area (Å²) >= 11 is 0. The SMILES string of the molecule is CN1CCCC2CN(C(=O)CCCCCCN)CCC21. The van der Waals surface area contributed by atoms with E-state index in [1.165, 1.54) is 32.2 Å². The van der Waals surface area contributed by atoms with Crippen LogP contribution in [0.25, 0.3) is 0 Å². The minimum Gasteiger partial charge on any atom is -0.342 e. The number of hydrogen-bond acceptors (Lipinski definition) is 3. The van der Waals surface area contributed by atoms with Crippen LogP contribution in [0, 0.1) is 5.92 Å². The Labute approximate surface area is 123 Å². The van der Waals surface area contributed by atoms with E-state index < -0.39 is 0 Å². The van der Waals surface area contributed by atoms with E-state index in [9.17, 15) is 4.79 Å². The predicted octanol–water partition coefficient (Wildman–Crippen LogP) is 1.84. The number of nitrogens with two attached hydrogens (primary N) is 1. The zero-order chi connectivity index (χ0) is 14.4. The minimum absolute atomic E-state index is 0.379. The average molecular weight is 281 g/mol. The van der Waals surface area contributed by atoms with Crippen molar-refractivity contribution in [2.75, 3.05) is 33.2 Å². The van der Waals surface area contributed by atoms with E-state index in [0.29, 0.717) is 11.8 Å². The second-order valence-corrected chi connectivity index (χ2v) is 6.53. The van der Waals surface area contributed by atoms with Crippen LogP contribution in [-0.4, -0.2) is 55.0 Å². The van der Waals surface area contributed by atoms with Gasteiger partial charge >= 0.3 is 0 Å². The van der Waals surface area contributed by atoms with Gasteiger partial charge in [-0.15, -0.1) is 0 Å². The third-order valence-corrected chi connectivity index (χ3v) is 5.04. The molecule has 116 valence electrons. The van der Waals surface area contributed by atoms with Crippen LogP contribution >= 0.6 is 0 Å². The summed E-state index contributed by atoms with van der Waals surface area (Å²) in [4.78, 5) is 16.9. The van der Waals surface area contributed by atoms with E-state index in [4.69, 9.17) is 5.73 Å². The third-order valence-electron chi connectivity index (χ3n) is 5.04. The van der Waals surface area contributed by atoms with Gasteiger partial charge in [0.2, 0.25) is 5.91 Å². The van der Waals surface area contributed by atoms with Gasteiger partial charge in [0.15, 0.2) is 0 Å². The zero-order valence-electron chi connectivity index (χ0n) is 13.0. The molecule has 0 bridgehead atoms. The smallest absolute Gasteiger partial charge is 0.222 e. The minimum atomic E-state index is 0.379. The first kappa shape index (κ1) is 15.8. The summed E-state index contributed by atoms with van der Waals surface area (Å²) < 4.78 is 0. The van der Waals surface area contributed by atoms with Gasteiger partial charge in [0.25, 0.3) is 0 Å². The maximum atomic E-state index is 12.3. The Morgan fingerprint density at radius 2 is 1.95 bits per heavy atom. The molecule has 1 amide bonds. The molecule has 0 aromatic rings. The van der Waals surface area contributed by atoms with Gasteiger partial charge in [-0.2, -0.15) is 0 Å². The fourth-order valence-electron chi connectivity index (χ4n) is 3.81. The molecule has 2 heterocycles. The van der Waals surface area contributed by atoms with Crippen molar-refractivity contribution in [3.63, 3.8) is 0 Å².